The van der Waals surface area contributed by atoms with Gasteiger partial charge in [-0.15, -0.1) is 0 Å². The van der Waals surface area contributed by atoms with Crippen LogP contribution in [-0.4, -0.2) is 29.9 Å². The van der Waals surface area contributed by atoms with Crippen LogP contribution in [0.4, 0.5) is 0 Å². The molecule has 0 spiro atoms. The second-order valence-electron chi connectivity index (χ2n) is 20.0. The first-order valence-electron chi connectivity index (χ1n) is 27.0. The molecule has 6 nitrogen and oxygen atoms in total. The molecule has 0 amide bonds. The van der Waals surface area contributed by atoms with Gasteiger partial charge in [-0.2, -0.15) is 0 Å². The first kappa shape index (κ1) is 50.5. The van der Waals surface area contributed by atoms with Crippen LogP contribution in [-0.2, 0) is 0 Å². The standard InChI is InChI=1S/2C21H16N2.C17H12.C15H12N2/c1-15-8-7-11-17(14-15)21-22-19-13-6-5-12-18(19)20(23-21)16-9-3-2-4-10-16;1-15-11-13-17(14-12-15)21-22-19-10-6-5-9-18(19)20(23-21)16-7-3-2-4-8-16;1-11-9-10-16-14-6-3-2-5-13(14)15-8-4-7-12(11)17(15)16;1-11-16-14-10-6-5-9-13(14)15(17-11)12-7-3-2-4-8-12/h2*2-14H,1H3;2*2-10H,1H3. The number of rotatable bonds is 5. The van der Waals surface area contributed by atoms with Crippen molar-refractivity contribution in [2.45, 2.75) is 27.7 Å². The summed E-state index contributed by atoms with van der Waals surface area (Å²) in [6.07, 6.45) is 0. The Labute approximate surface area is 466 Å². The third kappa shape index (κ3) is 10.6. The van der Waals surface area contributed by atoms with E-state index in [0.29, 0.717) is 0 Å². The minimum absolute atomic E-state index is 0.766. The van der Waals surface area contributed by atoms with Crippen molar-refractivity contribution in [3.8, 4) is 78.8 Å². The summed E-state index contributed by atoms with van der Waals surface area (Å²) in [4.78, 5) is 28.3. The molecule has 11 aromatic carbocycles. The molecule has 3 aromatic heterocycles. The Balaban J connectivity index is 0.000000107. The molecule has 0 saturated carbocycles. The minimum atomic E-state index is 0.766. The molecule has 0 bridgehead atoms. The van der Waals surface area contributed by atoms with E-state index in [1.54, 1.807) is 0 Å². The van der Waals surface area contributed by atoms with Crippen LogP contribution in [0.1, 0.15) is 22.5 Å². The summed E-state index contributed by atoms with van der Waals surface area (Å²) in [5.74, 6) is 2.34. The maximum absolute atomic E-state index is 4.87. The summed E-state index contributed by atoms with van der Waals surface area (Å²) < 4.78 is 0. The number of aromatic nitrogens is 6. The molecular weight excluding hydrogens is 973 g/mol. The topological polar surface area (TPSA) is 77.3 Å². The third-order valence-electron chi connectivity index (χ3n) is 14.4. The van der Waals surface area contributed by atoms with Crippen LogP contribution in [0.3, 0.4) is 0 Å². The molecule has 1 aliphatic carbocycles. The molecule has 80 heavy (non-hydrogen) atoms. The number of para-hydroxylation sites is 3. The molecule has 0 fully saturated rings. The van der Waals surface area contributed by atoms with Crippen molar-refractivity contribution in [2.24, 2.45) is 0 Å². The predicted molar refractivity (Wildman–Crippen MR) is 333 cm³/mol. The molecule has 382 valence electrons. The van der Waals surface area contributed by atoms with E-state index in [-0.39, 0.29) is 0 Å². The van der Waals surface area contributed by atoms with E-state index in [1.807, 2.05) is 122 Å². The lowest BCUT2D eigenvalue weighted by molar-refractivity contribution is 1.10. The quantitative estimate of drug-likeness (QED) is 0.171. The van der Waals surface area contributed by atoms with Gasteiger partial charge < -0.3 is 0 Å². The van der Waals surface area contributed by atoms with Crippen LogP contribution < -0.4 is 0 Å². The highest BCUT2D eigenvalue weighted by Crippen LogP contribution is 2.47. The summed E-state index contributed by atoms with van der Waals surface area (Å²) in [5.41, 5.74) is 20.7. The minimum Gasteiger partial charge on any atom is -0.233 e. The first-order valence-corrected chi connectivity index (χ1v) is 27.0. The largest absolute Gasteiger partial charge is 0.233 e. The summed E-state index contributed by atoms with van der Waals surface area (Å²) in [6, 6.07) is 91.7. The van der Waals surface area contributed by atoms with Gasteiger partial charge in [-0.3, -0.25) is 0 Å². The summed E-state index contributed by atoms with van der Waals surface area (Å²) in [7, 11) is 0. The lowest BCUT2D eigenvalue weighted by Crippen LogP contribution is -1.95. The van der Waals surface area contributed by atoms with Gasteiger partial charge in [0.1, 0.15) is 5.82 Å². The average Bonchev–Trinajstić information content (AvgIpc) is 3.96. The fraction of sp³-hybridized carbons (Fsp3) is 0.0541. The molecule has 0 saturated heterocycles. The number of hydrogen-bond donors (Lipinski definition) is 0. The number of fused-ring (bicyclic) bond motifs is 6. The number of benzene rings is 11. The monoisotopic (exact) mass is 1030 g/mol. The van der Waals surface area contributed by atoms with Crippen molar-refractivity contribution < 1.29 is 0 Å². The zero-order chi connectivity index (χ0) is 54.4. The van der Waals surface area contributed by atoms with Crippen molar-refractivity contribution in [3.05, 3.63) is 289 Å². The predicted octanol–water partition coefficient (Wildman–Crippen LogP) is 18.9. The third-order valence-corrected chi connectivity index (χ3v) is 14.4. The Morgan fingerprint density at radius 3 is 1.16 bits per heavy atom. The fourth-order valence-corrected chi connectivity index (χ4v) is 10.5. The van der Waals surface area contributed by atoms with Gasteiger partial charge in [0.05, 0.1) is 33.6 Å². The second kappa shape index (κ2) is 22.7. The molecule has 0 atom stereocenters. The lowest BCUT2D eigenvalue weighted by atomic mass is 9.99. The summed E-state index contributed by atoms with van der Waals surface area (Å²) in [5, 5.41) is 6.07. The molecule has 0 radical (unpaired) electrons. The fourth-order valence-electron chi connectivity index (χ4n) is 10.5. The van der Waals surface area contributed by atoms with Gasteiger partial charge in [-0.1, -0.05) is 254 Å². The highest BCUT2D eigenvalue weighted by Gasteiger charge is 2.21. The normalized spacial score (nSPS) is 11.0. The Morgan fingerprint density at radius 1 is 0.237 bits per heavy atom. The van der Waals surface area contributed by atoms with E-state index in [4.69, 9.17) is 19.9 Å². The maximum Gasteiger partial charge on any atom is 0.160 e. The molecule has 14 aromatic rings. The zero-order valence-electron chi connectivity index (χ0n) is 45.1. The van der Waals surface area contributed by atoms with E-state index in [2.05, 4.69) is 182 Å². The van der Waals surface area contributed by atoms with Gasteiger partial charge >= 0.3 is 0 Å². The van der Waals surface area contributed by atoms with E-state index in [9.17, 15) is 0 Å². The summed E-state index contributed by atoms with van der Waals surface area (Å²) >= 11 is 0. The smallest absolute Gasteiger partial charge is 0.160 e. The van der Waals surface area contributed by atoms with Gasteiger partial charge in [0.15, 0.2) is 11.6 Å². The van der Waals surface area contributed by atoms with Gasteiger partial charge in [-0.25, -0.2) is 29.9 Å². The highest BCUT2D eigenvalue weighted by atomic mass is 14.9. The van der Waals surface area contributed by atoms with Crippen molar-refractivity contribution in [1.82, 2.24) is 29.9 Å². The Hall–Kier alpha value is -10.3. The van der Waals surface area contributed by atoms with Crippen molar-refractivity contribution in [2.75, 3.05) is 0 Å². The molecular formula is C74H56N6. The van der Waals surface area contributed by atoms with Crippen LogP contribution in [0.2, 0.25) is 0 Å². The summed E-state index contributed by atoms with van der Waals surface area (Å²) in [6.45, 7) is 8.29. The Morgan fingerprint density at radius 2 is 0.637 bits per heavy atom. The van der Waals surface area contributed by atoms with Gasteiger partial charge in [0, 0.05) is 44.0 Å². The number of hydrogen-bond acceptors (Lipinski definition) is 6. The Bertz CT molecular complexity index is 4470. The molecule has 1 aliphatic rings. The van der Waals surface area contributed by atoms with E-state index in [1.165, 1.54) is 49.7 Å². The SMILES string of the molecule is Cc1ccc(-c2nc(-c3ccccc3)c3ccccc3n2)cc1.Cc1ccc2c3c(cccc13)-c1ccccc1-2.Cc1cccc(-c2nc(-c3ccccc3)c3ccccc3n2)c1.Cc1nc(-c2ccccc2)c2ccccc2n1. The number of nitrogens with zero attached hydrogens (tertiary/aromatic N) is 6. The van der Waals surface area contributed by atoms with E-state index in [0.717, 1.165) is 95.1 Å². The average molecular weight is 1030 g/mol. The van der Waals surface area contributed by atoms with Gasteiger partial charge in [-0.05, 0) is 90.6 Å². The molecule has 0 aliphatic heterocycles. The van der Waals surface area contributed by atoms with Crippen LogP contribution in [0.15, 0.2) is 267 Å². The van der Waals surface area contributed by atoms with Crippen molar-refractivity contribution in [3.63, 3.8) is 0 Å². The molecule has 6 heteroatoms. The van der Waals surface area contributed by atoms with Crippen LogP contribution in [0.25, 0.3) is 122 Å². The van der Waals surface area contributed by atoms with Crippen molar-refractivity contribution >= 4 is 43.5 Å². The van der Waals surface area contributed by atoms with Crippen LogP contribution in [0.5, 0.6) is 0 Å². The first-order chi connectivity index (χ1) is 39.3. The Kier molecular flexibility index (Phi) is 14.4. The number of aryl methyl sites for hydroxylation is 4. The maximum atomic E-state index is 4.87. The zero-order valence-corrected chi connectivity index (χ0v) is 45.1. The highest BCUT2D eigenvalue weighted by molar-refractivity contribution is 6.16. The molecule has 3 heterocycles. The van der Waals surface area contributed by atoms with Gasteiger partial charge in [0.2, 0.25) is 0 Å². The molecule has 15 rings (SSSR count). The van der Waals surface area contributed by atoms with Gasteiger partial charge in [0.25, 0.3) is 0 Å². The second-order valence-corrected chi connectivity index (χ2v) is 20.0. The molecule has 0 N–H and O–H groups in total. The molecule has 0 unspecified atom stereocenters. The van der Waals surface area contributed by atoms with Crippen molar-refractivity contribution in [1.29, 1.82) is 0 Å². The van der Waals surface area contributed by atoms with Crippen LogP contribution in [0, 0.1) is 27.7 Å². The van der Waals surface area contributed by atoms with E-state index >= 15 is 0 Å². The van der Waals surface area contributed by atoms with E-state index < -0.39 is 0 Å². The van der Waals surface area contributed by atoms with Crippen LogP contribution >= 0.6 is 0 Å². The lowest BCUT2D eigenvalue weighted by Gasteiger charge is -2.09.